The van der Waals surface area contributed by atoms with E-state index < -0.39 is 0 Å². The van der Waals surface area contributed by atoms with Gasteiger partial charge in [-0.25, -0.2) is 0 Å². The molecule has 4 aliphatic rings. The van der Waals surface area contributed by atoms with Gasteiger partial charge < -0.3 is 10.3 Å². The molecule has 3 nitrogen and oxygen atoms in total. The number of hydrogen-bond acceptors (Lipinski definition) is 2. The lowest BCUT2D eigenvalue weighted by atomic mass is 9.53. The number of fused-ring (bicyclic) bond motifs is 5. The van der Waals surface area contributed by atoms with Crippen LogP contribution in [0, 0.1) is 28.6 Å². The number of carbonyl (C=O) groups is 1. The van der Waals surface area contributed by atoms with E-state index in [4.69, 9.17) is 5.41 Å². The number of nitrogens with zero attached hydrogens (tertiary/aromatic N) is 1. The predicted molar refractivity (Wildman–Crippen MR) is 99.3 cm³/mol. The second kappa shape index (κ2) is 6.46. The number of nitrogens with one attached hydrogen (secondary N) is 1. The lowest BCUT2D eigenvalue weighted by Crippen LogP contribution is -2.62. The van der Waals surface area contributed by atoms with Gasteiger partial charge in [-0.2, -0.15) is 0 Å². The maximum atomic E-state index is 12.6. The van der Waals surface area contributed by atoms with E-state index in [1.54, 1.807) is 0 Å². The van der Waals surface area contributed by atoms with E-state index in [-0.39, 0.29) is 11.0 Å². The van der Waals surface area contributed by atoms with Gasteiger partial charge in [0.05, 0.1) is 0 Å². The molecule has 1 N–H and O–H groups in total. The van der Waals surface area contributed by atoms with E-state index in [1.165, 1.54) is 38.5 Å². The molecule has 0 aromatic heterocycles. The van der Waals surface area contributed by atoms with Crippen LogP contribution in [0.4, 0.5) is 0 Å². The van der Waals surface area contributed by atoms with E-state index in [1.807, 2.05) is 13.8 Å². The minimum Gasteiger partial charge on any atom is -0.337 e. The summed E-state index contributed by atoms with van der Waals surface area (Å²) < 4.78 is 0. The highest BCUT2D eigenvalue weighted by Gasteiger charge is 2.58. The van der Waals surface area contributed by atoms with Crippen LogP contribution >= 0.6 is 0 Å². The van der Waals surface area contributed by atoms with Gasteiger partial charge in [0, 0.05) is 29.6 Å². The van der Waals surface area contributed by atoms with E-state index in [9.17, 15) is 4.79 Å². The summed E-state index contributed by atoms with van der Waals surface area (Å²) in [5.41, 5.74) is 1.29. The molecule has 2 saturated heterocycles. The first-order valence-corrected chi connectivity index (χ1v) is 10.4. The molecule has 4 unspecified atom stereocenters. The lowest BCUT2D eigenvalue weighted by Gasteiger charge is -2.59. The lowest BCUT2D eigenvalue weighted by molar-refractivity contribution is -0.150. The highest BCUT2D eigenvalue weighted by Crippen LogP contribution is 2.60. The fourth-order valence-electron chi connectivity index (χ4n) is 6.63. The average Bonchev–Trinajstić information content (AvgIpc) is 2.79. The smallest absolute Gasteiger partial charge is 0.223 e. The normalized spacial score (nSPS) is 44.7. The van der Waals surface area contributed by atoms with E-state index in [0.29, 0.717) is 17.7 Å². The van der Waals surface area contributed by atoms with Gasteiger partial charge in [0.1, 0.15) is 0 Å². The third kappa shape index (κ3) is 2.45. The third-order valence-corrected chi connectivity index (χ3v) is 7.95. The minimum absolute atomic E-state index is 0.0998. The van der Waals surface area contributed by atoms with Crippen LogP contribution in [0.5, 0.6) is 0 Å². The van der Waals surface area contributed by atoms with Crippen molar-refractivity contribution in [1.29, 1.82) is 5.41 Å². The van der Waals surface area contributed by atoms with Crippen LogP contribution in [0.15, 0.2) is 0 Å². The van der Waals surface area contributed by atoms with Crippen LogP contribution in [0.3, 0.4) is 0 Å². The van der Waals surface area contributed by atoms with Crippen LogP contribution in [-0.2, 0) is 4.79 Å². The standard InChI is InChI=1S/C19H30N2O.C2H6/c1-18-11-8-15-13(14(18)6-7-16(18)20)9-12-21-17(22)5-3-4-10-19(15,21)2;1-2/h13-15,20H,3-12H2,1-2H3;1-2H3/t13?,14?,15-,18?,19?;/m0./s1. The Kier molecular flexibility index (Phi) is 4.83. The predicted octanol–water partition coefficient (Wildman–Crippen LogP) is 5.04. The number of amides is 1. The van der Waals surface area contributed by atoms with Gasteiger partial charge in [-0.05, 0) is 69.6 Å². The molecule has 0 radical (unpaired) electrons. The quantitative estimate of drug-likeness (QED) is 0.663. The molecule has 0 spiro atoms. The van der Waals surface area contributed by atoms with Crippen molar-refractivity contribution in [3.8, 4) is 0 Å². The monoisotopic (exact) mass is 332 g/mol. The molecule has 2 heterocycles. The van der Waals surface area contributed by atoms with Gasteiger partial charge in [-0.15, -0.1) is 0 Å². The minimum atomic E-state index is 0.0998. The van der Waals surface area contributed by atoms with Crippen molar-refractivity contribution >= 4 is 11.6 Å². The first-order chi connectivity index (χ1) is 11.5. The number of piperidine rings is 1. The Hall–Kier alpha value is -0.860. The Morgan fingerprint density at radius 2 is 1.75 bits per heavy atom. The molecule has 5 atom stereocenters. The molecule has 0 aromatic carbocycles. The molecule has 4 rings (SSSR count). The Morgan fingerprint density at radius 3 is 2.50 bits per heavy atom. The Bertz CT molecular complexity index is 516. The van der Waals surface area contributed by atoms with Gasteiger partial charge in [0.25, 0.3) is 0 Å². The molecular weight excluding hydrogens is 296 g/mol. The van der Waals surface area contributed by atoms with Gasteiger partial charge in [0.2, 0.25) is 5.91 Å². The number of rotatable bonds is 0. The summed E-state index contributed by atoms with van der Waals surface area (Å²) >= 11 is 0. The van der Waals surface area contributed by atoms with Gasteiger partial charge >= 0.3 is 0 Å². The third-order valence-electron chi connectivity index (χ3n) is 7.95. The van der Waals surface area contributed by atoms with E-state index in [2.05, 4.69) is 18.7 Å². The summed E-state index contributed by atoms with van der Waals surface area (Å²) in [6.07, 6.45) is 10.1. The van der Waals surface area contributed by atoms with Gasteiger partial charge in [0.15, 0.2) is 0 Å². The van der Waals surface area contributed by atoms with Crippen LogP contribution in [0.2, 0.25) is 0 Å². The highest BCUT2D eigenvalue weighted by molar-refractivity contribution is 5.89. The molecule has 24 heavy (non-hydrogen) atoms. The average molecular weight is 333 g/mol. The summed E-state index contributed by atoms with van der Waals surface area (Å²) in [6, 6.07) is 0. The first kappa shape index (κ1) is 17.9. The molecule has 2 aliphatic carbocycles. The molecule has 3 heteroatoms. The van der Waals surface area contributed by atoms with Crippen molar-refractivity contribution in [2.24, 2.45) is 23.2 Å². The highest BCUT2D eigenvalue weighted by atomic mass is 16.2. The summed E-state index contributed by atoms with van der Waals surface area (Å²) in [5, 5.41) is 8.41. The molecule has 1 amide bonds. The van der Waals surface area contributed by atoms with Crippen molar-refractivity contribution < 1.29 is 4.79 Å². The fourth-order valence-corrected chi connectivity index (χ4v) is 6.63. The zero-order valence-electron chi connectivity index (χ0n) is 16.2. The largest absolute Gasteiger partial charge is 0.337 e. The first-order valence-electron chi connectivity index (χ1n) is 10.4. The zero-order valence-corrected chi connectivity index (χ0v) is 16.2. The number of hydrogen-bond donors (Lipinski definition) is 1. The Morgan fingerprint density at radius 1 is 1.00 bits per heavy atom. The van der Waals surface area contributed by atoms with Crippen LogP contribution < -0.4 is 0 Å². The zero-order chi connectivity index (χ0) is 17.5. The Labute approximate surface area is 148 Å². The fraction of sp³-hybridized carbons (Fsp3) is 0.905. The summed E-state index contributed by atoms with van der Waals surface area (Å²) in [7, 11) is 0. The summed E-state index contributed by atoms with van der Waals surface area (Å²) in [5.74, 6) is 2.53. The molecule has 0 bridgehead atoms. The van der Waals surface area contributed by atoms with Crippen molar-refractivity contribution in [3.05, 3.63) is 0 Å². The van der Waals surface area contributed by atoms with Crippen LogP contribution in [0.1, 0.15) is 85.5 Å². The molecule has 2 aliphatic heterocycles. The van der Waals surface area contributed by atoms with Crippen LogP contribution in [0.25, 0.3) is 0 Å². The van der Waals surface area contributed by atoms with E-state index in [0.717, 1.165) is 37.4 Å². The molecule has 4 fully saturated rings. The van der Waals surface area contributed by atoms with Gasteiger partial charge in [-0.3, -0.25) is 4.79 Å². The molecule has 136 valence electrons. The topological polar surface area (TPSA) is 44.2 Å². The van der Waals surface area contributed by atoms with Crippen molar-refractivity contribution in [1.82, 2.24) is 4.90 Å². The molecule has 2 saturated carbocycles. The molecular formula is C21H36N2O. The maximum Gasteiger partial charge on any atom is 0.223 e. The van der Waals surface area contributed by atoms with Gasteiger partial charge in [-0.1, -0.05) is 27.2 Å². The summed E-state index contributed by atoms with van der Waals surface area (Å²) in [6.45, 7) is 9.71. The second-order valence-corrected chi connectivity index (χ2v) is 8.75. The Balaban J connectivity index is 0.000000815. The SMILES string of the molecule is CC.CC12CC[C@H]3C(CCN4C(=O)CCCCC34C)C1CCC2=N. The number of carbonyl (C=O) groups excluding carboxylic acids is 1. The van der Waals surface area contributed by atoms with Crippen molar-refractivity contribution in [2.75, 3.05) is 6.54 Å². The maximum absolute atomic E-state index is 12.6. The van der Waals surface area contributed by atoms with Crippen molar-refractivity contribution in [3.63, 3.8) is 0 Å². The van der Waals surface area contributed by atoms with Crippen molar-refractivity contribution in [2.45, 2.75) is 91.0 Å². The second-order valence-electron chi connectivity index (χ2n) is 8.75. The van der Waals surface area contributed by atoms with E-state index >= 15 is 0 Å². The summed E-state index contributed by atoms with van der Waals surface area (Å²) in [4.78, 5) is 14.8. The van der Waals surface area contributed by atoms with Crippen LogP contribution in [-0.4, -0.2) is 28.6 Å². The molecule has 0 aromatic rings.